The molecule has 1 amide bonds. The van der Waals surface area contributed by atoms with Crippen LogP contribution in [0.3, 0.4) is 0 Å². The molecule has 1 N–H and O–H groups in total. The molecule has 0 unspecified atom stereocenters. The molecule has 0 atom stereocenters. The quantitative estimate of drug-likeness (QED) is 0.706. The van der Waals surface area contributed by atoms with Crippen LogP contribution in [0.5, 0.6) is 0 Å². The normalized spacial score (nSPS) is 10.8. The first-order chi connectivity index (χ1) is 10.0. The number of nitrogens with one attached hydrogen (secondary N) is 1. The Bertz CT molecular complexity index is 836. The summed E-state index contributed by atoms with van der Waals surface area (Å²) < 4.78 is 6.44. The fraction of sp³-hybridized carbons (Fsp3) is 0.118. The molecule has 3 nitrogen and oxygen atoms in total. The van der Waals surface area contributed by atoms with E-state index in [4.69, 9.17) is 4.42 Å². The van der Waals surface area contributed by atoms with E-state index in [2.05, 4.69) is 21.2 Å². The summed E-state index contributed by atoms with van der Waals surface area (Å²) in [7, 11) is 0. The molecule has 4 heteroatoms. The van der Waals surface area contributed by atoms with Crippen molar-refractivity contribution in [3.63, 3.8) is 0 Å². The van der Waals surface area contributed by atoms with Crippen molar-refractivity contribution < 1.29 is 9.21 Å². The van der Waals surface area contributed by atoms with Crippen molar-refractivity contribution in [1.29, 1.82) is 0 Å². The molecule has 1 heterocycles. The molecule has 1 aromatic heterocycles. The van der Waals surface area contributed by atoms with E-state index in [-0.39, 0.29) is 5.91 Å². The Kier molecular flexibility index (Phi) is 3.55. The number of fused-ring (bicyclic) bond motifs is 1. The van der Waals surface area contributed by atoms with E-state index in [1.54, 1.807) is 6.07 Å². The van der Waals surface area contributed by atoms with Crippen LogP contribution in [0.15, 0.2) is 51.4 Å². The lowest BCUT2D eigenvalue weighted by atomic mass is 10.2. The molecule has 0 aliphatic heterocycles. The van der Waals surface area contributed by atoms with Gasteiger partial charge in [-0.3, -0.25) is 4.79 Å². The number of benzene rings is 2. The number of carbonyl (C=O) groups excluding carboxylic acids is 1. The summed E-state index contributed by atoms with van der Waals surface area (Å²) in [6.45, 7) is 3.99. The van der Waals surface area contributed by atoms with Gasteiger partial charge in [-0.05, 0) is 65.7 Å². The van der Waals surface area contributed by atoms with E-state index < -0.39 is 0 Å². The van der Waals surface area contributed by atoms with Crippen molar-refractivity contribution in [1.82, 2.24) is 0 Å². The summed E-state index contributed by atoms with van der Waals surface area (Å²) in [5.41, 5.74) is 3.66. The highest BCUT2D eigenvalue weighted by molar-refractivity contribution is 9.10. The zero-order chi connectivity index (χ0) is 15.0. The SMILES string of the molecule is Cc1ccc(Br)c(NC(=O)c2cc3cc(C)ccc3o2)c1. The second-order valence-electron chi connectivity index (χ2n) is 5.09. The maximum Gasteiger partial charge on any atom is 0.291 e. The Labute approximate surface area is 131 Å². The molecule has 0 fully saturated rings. The highest BCUT2D eigenvalue weighted by Crippen LogP contribution is 2.25. The van der Waals surface area contributed by atoms with Crippen LogP contribution in [-0.4, -0.2) is 5.91 Å². The Hall–Kier alpha value is -2.07. The van der Waals surface area contributed by atoms with Crippen LogP contribution in [0.2, 0.25) is 0 Å². The summed E-state index contributed by atoms with van der Waals surface area (Å²) in [4.78, 5) is 12.3. The molecular formula is C17H14BrNO2. The minimum atomic E-state index is -0.254. The van der Waals surface area contributed by atoms with Crippen LogP contribution in [0.1, 0.15) is 21.7 Å². The average molecular weight is 344 g/mol. The van der Waals surface area contributed by atoms with E-state index in [9.17, 15) is 4.79 Å². The number of aryl methyl sites for hydroxylation is 2. The lowest BCUT2D eigenvalue weighted by molar-refractivity contribution is 0.0998. The number of furan rings is 1. The van der Waals surface area contributed by atoms with Gasteiger partial charge in [0.05, 0.1) is 5.69 Å². The van der Waals surface area contributed by atoms with Gasteiger partial charge in [0.25, 0.3) is 5.91 Å². The minimum Gasteiger partial charge on any atom is -0.451 e. The molecule has 106 valence electrons. The third kappa shape index (κ3) is 2.85. The zero-order valence-electron chi connectivity index (χ0n) is 11.7. The summed E-state index contributed by atoms with van der Waals surface area (Å²) >= 11 is 3.43. The molecule has 21 heavy (non-hydrogen) atoms. The van der Waals surface area contributed by atoms with Gasteiger partial charge in [-0.15, -0.1) is 0 Å². The van der Waals surface area contributed by atoms with Gasteiger partial charge in [-0.25, -0.2) is 0 Å². The molecule has 0 aliphatic rings. The molecule has 0 saturated heterocycles. The van der Waals surface area contributed by atoms with Crippen LogP contribution >= 0.6 is 15.9 Å². The monoisotopic (exact) mass is 343 g/mol. The largest absolute Gasteiger partial charge is 0.451 e. The number of halogens is 1. The van der Waals surface area contributed by atoms with Crippen molar-refractivity contribution in [2.24, 2.45) is 0 Å². The minimum absolute atomic E-state index is 0.254. The van der Waals surface area contributed by atoms with Gasteiger partial charge in [0.15, 0.2) is 5.76 Å². The van der Waals surface area contributed by atoms with Gasteiger partial charge in [0.2, 0.25) is 0 Å². The fourth-order valence-electron chi connectivity index (χ4n) is 2.19. The van der Waals surface area contributed by atoms with E-state index in [0.717, 1.165) is 26.7 Å². The predicted octanol–water partition coefficient (Wildman–Crippen LogP) is 5.06. The summed E-state index contributed by atoms with van der Waals surface area (Å²) in [5.74, 6) is 0.0548. The van der Waals surface area contributed by atoms with Gasteiger partial charge in [-0.2, -0.15) is 0 Å². The Balaban J connectivity index is 1.91. The lowest BCUT2D eigenvalue weighted by Gasteiger charge is -2.06. The maximum absolute atomic E-state index is 12.3. The standard InChI is InChI=1S/C17H14BrNO2/c1-10-4-6-15-12(7-10)9-16(21-15)17(20)19-14-8-11(2)3-5-13(14)18/h3-9H,1-2H3,(H,19,20). The summed E-state index contributed by atoms with van der Waals surface area (Å²) in [5, 5.41) is 3.80. The van der Waals surface area contributed by atoms with E-state index in [0.29, 0.717) is 11.3 Å². The Morgan fingerprint density at radius 2 is 1.76 bits per heavy atom. The zero-order valence-corrected chi connectivity index (χ0v) is 13.3. The van der Waals surface area contributed by atoms with Gasteiger partial charge in [0, 0.05) is 9.86 Å². The van der Waals surface area contributed by atoms with Crippen molar-refractivity contribution in [2.45, 2.75) is 13.8 Å². The predicted molar refractivity (Wildman–Crippen MR) is 87.8 cm³/mol. The van der Waals surface area contributed by atoms with Crippen LogP contribution in [0.4, 0.5) is 5.69 Å². The maximum atomic E-state index is 12.3. The molecule has 0 spiro atoms. The van der Waals surface area contributed by atoms with Crippen LogP contribution in [0.25, 0.3) is 11.0 Å². The van der Waals surface area contributed by atoms with Gasteiger partial charge < -0.3 is 9.73 Å². The first kappa shape index (κ1) is 13.9. The van der Waals surface area contributed by atoms with E-state index in [1.807, 2.05) is 50.2 Å². The molecule has 2 aromatic carbocycles. The number of hydrogen-bond donors (Lipinski definition) is 1. The molecule has 0 aliphatic carbocycles. The summed E-state index contributed by atoms with van der Waals surface area (Å²) in [6.07, 6.45) is 0. The molecule has 3 rings (SSSR count). The third-order valence-electron chi connectivity index (χ3n) is 3.27. The van der Waals surface area contributed by atoms with Crippen LogP contribution in [0, 0.1) is 13.8 Å². The molecule has 0 saturated carbocycles. The van der Waals surface area contributed by atoms with Gasteiger partial charge in [0.1, 0.15) is 5.58 Å². The molecule has 0 radical (unpaired) electrons. The molecule has 3 aromatic rings. The summed E-state index contributed by atoms with van der Waals surface area (Å²) in [6, 6.07) is 13.4. The van der Waals surface area contributed by atoms with Gasteiger partial charge in [-0.1, -0.05) is 17.7 Å². The number of carbonyl (C=O) groups is 1. The molecular weight excluding hydrogens is 330 g/mol. The number of rotatable bonds is 2. The second kappa shape index (κ2) is 5.37. The number of anilines is 1. The van der Waals surface area contributed by atoms with Crippen LogP contribution < -0.4 is 5.32 Å². The smallest absolute Gasteiger partial charge is 0.291 e. The second-order valence-corrected chi connectivity index (χ2v) is 5.94. The van der Waals surface area contributed by atoms with E-state index in [1.165, 1.54) is 0 Å². The Morgan fingerprint density at radius 3 is 2.57 bits per heavy atom. The van der Waals surface area contributed by atoms with Crippen molar-refractivity contribution in [3.8, 4) is 0 Å². The van der Waals surface area contributed by atoms with Crippen molar-refractivity contribution in [3.05, 3.63) is 63.8 Å². The highest BCUT2D eigenvalue weighted by atomic mass is 79.9. The fourth-order valence-corrected chi connectivity index (χ4v) is 2.54. The topological polar surface area (TPSA) is 42.2 Å². The van der Waals surface area contributed by atoms with Crippen molar-refractivity contribution >= 4 is 38.5 Å². The first-order valence-electron chi connectivity index (χ1n) is 6.60. The van der Waals surface area contributed by atoms with E-state index >= 15 is 0 Å². The van der Waals surface area contributed by atoms with Crippen LogP contribution in [-0.2, 0) is 0 Å². The van der Waals surface area contributed by atoms with Crippen molar-refractivity contribution in [2.75, 3.05) is 5.32 Å². The molecule has 0 bridgehead atoms. The third-order valence-corrected chi connectivity index (χ3v) is 3.96. The highest BCUT2D eigenvalue weighted by Gasteiger charge is 2.14. The lowest BCUT2D eigenvalue weighted by Crippen LogP contribution is -2.11. The first-order valence-corrected chi connectivity index (χ1v) is 7.40. The number of hydrogen-bond acceptors (Lipinski definition) is 2. The average Bonchev–Trinajstić information content (AvgIpc) is 2.86. The number of amides is 1. The van der Waals surface area contributed by atoms with Gasteiger partial charge >= 0.3 is 0 Å². The Morgan fingerprint density at radius 1 is 1.05 bits per heavy atom.